The van der Waals surface area contributed by atoms with Gasteiger partial charge in [-0.25, -0.2) is 0 Å². The Balaban J connectivity index is 1.32. The van der Waals surface area contributed by atoms with E-state index in [1.54, 1.807) is 0 Å². The van der Waals surface area contributed by atoms with Crippen LogP contribution in [0.4, 0.5) is 0 Å². The number of hydrogen-bond donors (Lipinski definition) is 2. The van der Waals surface area contributed by atoms with Crippen LogP contribution in [0.2, 0.25) is 10.0 Å². The first-order valence-electron chi connectivity index (χ1n) is 19.2. The molecule has 2 unspecified atom stereocenters. The Morgan fingerprint density at radius 1 is 0.593 bits per heavy atom. The maximum Gasteiger partial charge on any atom is 0.150 e. The second kappa shape index (κ2) is 15.7. The third-order valence-electron chi connectivity index (χ3n) is 11.9. The van der Waals surface area contributed by atoms with Crippen LogP contribution in [0.15, 0.2) is 97.1 Å². The molecule has 2 N–H and O–H groups in total. The molecule has 0 saturated carbocycles. The lowest BCUT2D eigenvalue weighted by molar-refractivity contribution is -0.123. The molecule has 54 heavy (non-hydrogen) atoms. The zero-order valence-electron chi connectivity index (χ0n) is 31.0. The number of aliphatic hydroxyl groups is 2. The minimum absolute atomic E-state index is 0.191. The van der Waals surface area contributed by atoms with E-state index in [2.05, 4.69) is 81.3 Å². The fourth-order valence-electron chi connectivity index (χ4n) is 9.12. The fraction of sp³-hybridized carbons (Fsp3) is 0.356. The number of fused-ring (bicyclic) bond motifs is 2. The molecule has 0 bridgehead atoms. The van der Waals surface area contributed by atoms with Gasteiger partial charge in [-0.05, 0) is 111 Å². The van der Waals surface area contributed by atoms with Crippen LogP contribution in [-0.2, 0) is 4.79 Å². The van der Waals surface area contributed by atoms with Gasteiger partial charge >= 0.3 is 0 Å². The Labute approximate surface area is 327 Å². The number of halogens is 2. The summed E-state index contributed by atoms with van der Waals surface area (Å²) in [5.41, 5.74) is 8.27. The van der Waals surface area contributed by atoms with Crippen LogP contribution < -0.4 is 0 Å². The molecule has 2 aromatic heterocycles. The summed E-state index contributed by atoms with van der Waals surface area (Å²) in [6.45, 7) is 8.36. The van der Waals surface area contributed by atoms with E-state index in [1.807, 2.05) is 48.5 Å². The van der Waals surface area contributed by atoms with Crippen molar-refractivity contribution in [3.05, 3.63) is 130 Å². The summed E-state index contributed by atoms with van der Waals surface area (Å²) in [5.74, 6) is -0.705. The monoisotopic (exact) mass is 762 g/mol. The summed E-state index contributed by atoms with van der Waals surface area (Å²) in [5, 5.41) is 24.4. The van der Waals surface area contributed by atoms with E-state index in [9.17, 15) is 10.2 Å². The van der Waals surface area contributed by atoms with E-state index in [-0.39, 0.29) is 18.0 Å². The van der Waals surface area contributed by atoms with Gasteiger partial charge in [0.15, 0.2) is 5.78 Å². The first-order valence-corrected chi connectivity index (χ1v) is 20.0. The van der Waals surface area contributed by atoms with Crippen molar-refractivity contribution in [3.63, 3.8) is 0 Å². The zero-order valence-corrected chi connectivity index (χ0v) is 32.5. The summed E-state index contributed by atoms with van der Waals surface area (Å²) in [6.07, 6.45) is 2.15. The maximum atomic E-state index is 16.1. The maximum absolute atomic E-state index is 16.1. The predicted molar refractivity (Wildman–Crippen MR) is 220 cm³/mol. The Kier molecular flexibility index (Phi) is 10.7. The SMILES string of the molecule is Cc1c(C(CN2CCC(O)CC2)C(=O)C(CN2CCC(O)CC2)c2c(C)n(-c3ccc(Cl)cc3)c3ccccc23)c2ccccc2n1-c1ccc(Cl)cc1. The molecule has 2 atom stereocenters. The number of aromatic nitrogens is 2. The number of aliphatic hydroxyl groups excluding tert-OH is 2. The standard InChI is InChI=1S/C45H48Cl2N4O3/c1-29-43(37-7-3-5-9-41(37)50(29)33-15-11-31(46)12-16-33)39(27-48-23-19-35(52)20-24-48)45(54)40(28-49-25-21-36(53)22-26-49)44-30(2)51(34-17-13-32(47)14-18-34)42-10-6-4-8-38(42)44/h3-18,35-36,39-40,52-53H,19-28H2,1-2H3. The number of ketones is 1. The number of carbonyl (C=O) groups is 1. The molecule has 8 rings (SSSR count). The van der Waals surface area contributed by atoms with Gasteiger partial charge in [-0.15, -0.1) is 0 Å². The van der Waals surface area contributed by atoms with Crippen molar-refractivity contribution >= 4 is 50.8 Å². The highest BCUT2D eigenvalue weighted by Gasteiger charge is 2.39. The number of piperidine rings is 2. The molecule has 0 spiro atoms. The van der Waals surface area contributed by atoms with Crippen LogP contribution in [0.25, 0.3) is 33.2 Å². The number of nitrogens with zero attached hydrogens (tertiary/aromatic N) is 4. The summed E-state index contributed by atoms with van der Waals surface area (Å²) >= 11 is 12.7. The minimum Gasteiger partial charge on any atom is -0.393 e. The van der Waals surface area contributed by atoms with Gasteiger partial charge in [0.05, 0.1) is 35.1 Å². The molecule has 2 aliphatic heterocycles. The van der Waals surface area contributed by atoms with Crippen LogP contribution in [0.1, 0.15) is 60.0 Å². The summed E-state index contributed by atoms with van der Waals surface area (Å²) in [4.78, 5) is 20.8. The van der Waals surface area contributed by atoms with Crippen LogP contribution in [0.5, 0.6) is 0 Å². The molecular weight excluding hydrogens is 715 g/mol. The summed E-state index contributed by atoms with van der Waals surface area (Å²) in [7, 11) is 0. The van der Waals surface area contributed by atoms with Gasteiger partial charge in [-0.3, -0.25) is 4.79 Å². The van der Waals surface area contributed by atoms with Crippen molar-refractivity contribution in [3.8, 4) is 11.4 Å². The van der Waals surface area contributed by atoms with Crippen molar-refractivity contribution in [2.75, 3.05) is 39.3 Å². The lowest BCUT2D eigenvalue weighted by atomic mass is 9.80. The van der Waals surface area contributed by atoms with E-state index in [1.165, 1.54) is 0 Å². The molecule has 280 valence electrons. The molecule has 9 heteroatoms. The zero-order chi connectivity index (χ0) is 37.5. The van der Waals surface area contributed by atoms with Crippen molar-refractivity contribution < 1.29 is 15.0 Å². The van der Waals surface area contributed by atoms with Crippen LogP contribution >= 0.6 is 23.2 Å². The van der Waals surface area contributed by atoms with Gasteiger partial charge in [0.25, 0.3) is 0 Å². The van der Waals surface area contributed by atoms with E-state index in [0.29, 0.717) is 48.8 Å². The smallest absolute Gasteiger partial charge is 0.150 e. The highest BCUT2D eigenvalue weighted by atomic mass is 35.5. The molecule has 2 aliphatic rings. The average Bonchev–Trinajstić information content (AvgIpc) is 3.64. The van der Waals surface area contributed by atoms with Gasteiger partial charge in [0.2, 0.25) is 0 Å². The van der Waals surface area contributed by atoms with Crippen molar-refractivity contribution in [2.24, 2.45) is 0 Å². The van der Waals surface area contributed by atoms with Crippen molar-refractivity contribution in [1.82, 2.24) is 18.9 Å². The summed E-state index contributed by atoms with van der Waals surface area (Å²) in [6, 6.07) is 32.6. The molecule has 2 saturated heterocycles. The first-order chi connectivity index (χ1) is 26.2. The number of carbonyl (C=O) groups excluding carboxylic acids is 1. The number of benzene rings is 4. The quantitative estimate of drug-likeness (QED) is 0.146. The fourth-order valence-corrected chi connectivity index (χ4v) is 9.37. The van der Waals surface area contributed by atoms with E-state index < -0.39 is 11.8 Å². The molecular formula is C45H48Cl2N4O3. The number of rotatable bonds is 10. The lowest BCUT2D eigenvalue weighted by Gasteiger charge is -2.36. The number of para-hydroxylation sites is 2. The number of hydrogen-bond acceptors (Lipinski definition) is 5. The second-order valence-corrected chi connectivity index (χ2v) is 16.1. The highest BCUT2D eigenvalue weighted by Crippen LogP contribution is 2.42. The van der Waals surface area contributed by atoms with Gasteiger partial charge in [0, 0.05) is 82.8 Å². The van der Waals surface area contributed by atoms with Crippen LogP contribution in [0, 0.1) is 13.8 Å². The Morgan fingerprint density at radius 2 is 0.944 bits per heavy atom. The van der Waals surface area contributed by atoms with E-state index in [0.717, 1.165) is 81.9 Å². The van der Waals surface area contributed by atoms with Crippen LogP contribution in [-0.4, -0.2) is 86.4 Å². The Hall–Kier alpha value is -3.95. The highest BCUT2D eigenvalue weighted by molar-refractivity contribution is 6.30. The van der Waals surface area contributed by atoms with Crippen molar-refractivity contribution in [1.29, 1.82) is 0 Å². The minimum atomic E-state index is -0.448. The van der Waals surface area contributed by atoms with E-state index in [4.69, 9.17) is 23.2 Å². The predicted octanol–water partition coefficient (Wildman–Crippen LogP) is 8.85. The van der Waals surface area contributed by atoms with Gasteiger partial charge in [-0.2, -0.15) is 0 Å². The summed E-state index contributed by atoms with van der Waals surface area (Å²) < 4.78 is 4.53. The lowest BCUT2D eigenvalue weighted by Crippen LogP contribution is -2.43. The normalized spacial score (nSPS) is 17.7. The third kappa shape index (κ3) is 7.14. The molecule has 6 aromatic rings. The molecule has 2 fully saturated rings. The molecule has 4 aromatic carbocycles. The Bertz CT molecular complexity index is 2100. The topological polar surface area (TPSA) is 73.9 Å². The first kappa shape index (κ1) is 37.0. The van der Waals surface area contributed by atoms with Gasteiger partial charge in [-0.1, -0.05) is 59.6 Å². The molecule has 0 aliphatic carbocycles. The van der Waals surface area contributed by atoms with E-state index >= 15 is 4.79 Å². The van der Waals surface area contributed by atoms with Crippen LogP contribution in [0.3, 0.4) is 0 Å². The Morgan fingerprint density at radius 3 is 1.31 bits per heavy atom. The largest absolute Gasteiger partial charge is 0.393 e. The number of likely N-dealkylation sites (tertiary alicyclic amines) is 2. The number of Topliss-reactive ketones (excluding diaryl/α,β-unsaturated/α-hetero) is 1. The second-order valence-electron chi connectivity index (χ2n) is 15.2. The average molecular weight is 764 g/mol. The molecule has 0 amide bonds. The molecule has 0 radical (unpaired) electrons. The van der Waals surface area contributed by atoms with Gasteiger partial charge < -0.3 is 29.1 Å². The van der Waals surface area contributed by atoms with Gasteiger partial charge in [0.1, 0.15) is 0 Å². The molecule has 7 nitrogen and oxygen atoms in total. The third-order valence-corrected chi connectivity index (χ3v) is 12.4. The molecule has 4 heterocycles. The van der Waals surface area contributed by atoms with Crippen molar-refractivity contribution in [2.45, 2.75) is 63.6 Å².